The molecule has 0 spiro atoms. The monoisotopic (exact) mass is 93.0 g/mol. The van der Waals surface area contributed by atoms with Crippen LogP contribution in [0.1, 0.15) is 13.3 Å². The summed E-state index contributed by atoms with van der Waals surface area (Å²) in [7, 11) is 0. The van der Waals surface area contributed by atoms with E-state index < -0.39 is 5.50 Å². The Morgan fingerprint density at radius 2 is 2.20 bits per heavy atom. The Labute approximate surface area is 36.8 Å². The first-order valence-corrected chi connectivity index (χ1v) is 2.04. The van der Waals surface area contributed by atoms with Gasteiger partial charge < -0.3 is 0 Å². The summed E-state index contributed by atoms with van der Waals surface area (Å²) in [5.74, 6) is 0. The molecule has 0 saturated heterocycles. The average molecular weight is 93.1 g/mol. The van der Waals surface area contributed by atoms with Gasteiger partial charge in [-0.1, -0.05) is 19.6 Å². The lowest BCUT2D eigenvalue weighted by Gasteiger charge is -1.83. The minimum Gasteiger partial charge on any atom is -0.235 e. The maximum absolute atomic E-state index is 11.2. The standard InChI is InChI=1S/C3H6FS/c1-2-3(4)5/h3H,2H2,1H3. The third-order valence-corrected chi connectivity index (χ3v) is 0.654. The number of hydrogen-bond donors (Lipinski definition) is 0. The number of halogens is 1. The molecule has 1 atom stereocenters. The molecule has 1 unspecified atom stereocenters. The predicted octanol–water partition coefficient (Wildman–Crippen LogP) is 1.89. The van der Waals surface area contributed by atoms with Gasteiger partial charge in [-0.2, -0.15) is 0 Å². The van der Waals surface area contributed by atoms with Gasteiger partial charge in [0.05, 0.1) is 0 Å². The minimum absolute atomic E-state index is 0.454. The van der Waals surface area contributed by atoms with Gasteiger partial charge in [-0.25, -0.2) is 4.39 Å². The molecule has 0 aliphatic heterocycles. The molecule has 0 bridgehead atoms. The van der Waals surface area contributed by atoms with E-state index in [0.717, 1.165) is 0 Å². The van der Waals surface area contributed by atoms with Gasteiger partial charge in [0.15, 0.2) is 5.50 Å². The number of rotatable bonds is 1. The first-order chi connectivity index (χ1) is 2.27. The minimum atomic E-state index is -1.03. The van der Waals surface area contributed by atoms with Gasteiger partial charge in [-0.15, -0.1) is 0 Å². The van der Waals surface area contributed by atoms with Crippen LogP contribution in [0.25, 0.3) is 0 Å². The highest BCUT2D eigenvalue weighted by molar-refractivity contribution is 7.80. The Kier molecular flexibility index (Phi) is 2.65. The highest BCUT2D eigenvalue weighted by atomic mass is 32.1. The van der Waals surface area contributed by atoms with Crippen molar-refractivity contribution < 1.29 is 4.39 Å². The van der Waals surface area contributed by atoms with Gasteiger partial charge in [-0.05, 0) is 6.42 Å². The van der Waals surface area contributed by atoms with Crippen LogP contribution in [0.5, 0.6) is 0 Å². The molecule has 31 valence electrons. The SMILES string of the molecule is CCC(F)[S]. The van der Waals surface area contributed by atoms with Crippen molar-refractivity contribution in [1.82, 2.24) is 0 Å². The van der Waals surface area contributed by atoms with Gasteiger partial charge in [0.1, 0.15) is 0 Å². The number of hydrogen-bond acceptors (Lipinski definition) is 0. The molecule has 0 nitrogen and oxygen atoms in total. The number of alkyl halides is 1. The van der Waals surface area contributed by atoms with Crippen LogP contribution in [-0.4, -0.2) is 5.50 Å². The molecule has 0 aliphatic carbocycles. The highest BCUT2D eigenvalue weighted by Gasteiger charge is 1.88. The molecule has 1 radical (unpaired) electrons. The van der Waals surface area contributed by atoms with Gasteiger partial charge in [-0.3, -0.25) is 0 Å². The third kappa shape index (κ3) is 4.28. The molecular formula is C3H6FS. The van der Waals surface area contributed by atoms with Crippen molar-refractivity contribution in [1.29, 1.82) is 0 Å². The van der Waals surface area contributed by atoms with Crippen LogP contribution in [0.2, 0.25) is 0 Å². The molecule has 0 rings (SSSR count). The van der Waals surface area contributed by atoms with Crippen molar-refractivity contribution in [3.05, 3.63) is 0 Å². The second kappa shape index (κ2) is 2.51. The molecule has 5 heavy (non-hydrogen) atoms. The summed E-state index contributed by atoms with van der Waals surface area (Å²) in [6, 6.07) is 0. The summed E-state index contributed by atoms with van der Waals surface area (Å²) in [5, 5.41) is 0. The van der Waals surface area contributed by atoms with Crippen LogP contribution >= 0.6 is 12.6 Å². The van der Waals surface area contributed by atoms with Gasteiger partial charge in [0.2, 0.25) is 0 Å². The van der Waals surface area contributed by atoms with E-state index in [-0.39, 0.29) is 0 Å². The second-order valence-corrected chi connectivity index (χ2v) is 1.33. The van der Waals surface area contributed by atoms with Crippen LogP contribution in [0.15, 0.2) is 0 Å². The van der Waals surface area contributed by atoms with Crippen molar-refractivity contribution in [2.24, 2.45) is 0 Å². The lowest BCUT2D eigenvalue weighted by atomic mass is 10.6. The molecule has 2 heteroatoms. The molecule has 0 aromatic heterocycles. The maximum Gasteiger partial charge on any atom is 0.155 e. The molecule has 0 N–H and O–H groups in total. The summed E-state index contributed by atoms with van der Waals surface area (Å²) >= 11 is 4.11. The fraction of sp³-hybridized carbons (Fsp3) is 1.00. The van der Waals surface area contributed by atoms with E-state index in [1.807, 2.05) is 0 Å². The lowest BCUT2D eigenvalue weighted by Crippen LogP contribution is -1.78. The van der Waals surface area contributed by atoms with E-state index in [2.05, 4.69) is 12.6 Å². The van der Waals surface area contributed by atoms with Crippen molar-refractivity contribution in [3.8, 4) is 0 Å². The zero-order valence-corrected chi connectivity index (χ0v) is 3.89. The summed E-state index contributed by atoms with van der Waals surface area (Å²) in [6.07, 6.45) is 0.454. The van der Waals surface area contributed by atoms with E-state index in [4.69, 9.17) is 0 Å². The largest absolute Gasteiger partial charge is 0.235 e. The molecular weight excluding hydrogens is 87.1 g/mol. The zero-order chi connectivity index (χ0) is 4.28. The van der Waals surface area contributed by atoms with Crippen LogP contribution in [0.4, 0.5) is 4.39 Å². The smallest absolute Gasteiger partial charge is 0.155 e. The quantitative estimate of drug-likeness (QED) is 0.464. The Hall–Kier alpha value is 0.280. The van der Waals surface area contributed by atoms with Gasteiger partial charge >= 0.3 is 0 Å². The van der Waals surface area contributed by atoms with E-state index in [9.17, 15) is 4.39 Å². The van der Waals surface area contributed by atoms with Crippen LogP contribution in [0, 0.1) is 0 Å². The fourth-order valence-electron chi connectivity index (χ4n) is 0. The summed E-state index contributed by atoms with van der Waals surface area (Å²) in [4.78, 5) is 0. The Morgan fingerprint density at radius 1 is 2.00 bits per heavy atom. The predicted molar refractivity (Wildman–Crippen MR) is 22.8 cm³/mol. The van der Waals surface area contributed by atoms with E-state index >= 15 is 0 Å². The van der Waals surface area contributed by atoms with E-state index in [1.54, 1.807) is 6.92 Å². The van der Waals surface area contributed by atoms with Crippen molar-refractivity contribution in [3.63, 3.8) is 0 Å². The molecule has 0 aromatic rings. The first-order valence-electron chi connectivity index (χ1n) is 1.57. The summed E-state index contributed by atoms with van der Waals surface area (Å²) in [5.41, 5.74) is -1.03. The fourth-order valence-corrected chi connectivity index (χ4v) is 0. The van der Waals surface area contributed by atoms with Crippen LogP contribution in [-0.2, 0) is 0 Å². The molecule has 0 heterocycles. The first kappa shape index (κ1) is 5.28. The molecule has 0 fully saturated rings. The lowest BCUT2D eigenvalue weighted by molar-refractivity contribution is 0.446. The van der Waals surface area contributed by atoms with Gasteiger partial charge in [0, 0.05) is 0 Å². The molecule has 0 amide bonds. The second-order valence-electron chi connectivity index (χ2n) is 0.818. The molecule has 0 saturated carbocycles. The molecule has 0 aromatic carbocycles. The van der Waals surface area contributed by atoms with E-state index in [1.165, 1.54) is 0 Å². The normalized spacial score (nSPS) is 15.0. The summed E-state index contributed by atoms with van der Waals surface area (Å²) < 4.78 is 11.2. The van der Waals surface area contributed by atoms with Crippen molar-refractivity contribution in [2.75, 3.05) is 0 Å². The van der Waals surface area contributed by atoms with Crippen LogP contribution in [0.3, 0.4) is 0 Å². The highest BCUT2D eigenvalue weighted by Crippen LogP contribution is 1.98. The molecule has 0 aliphatic rings. The Bertz CT molecular complexity index is 20.9. The summed E-state index contributed by atoms with van der Waals surface area (Å²) in [6.45, 7) is 1.72. The van der Waals surface area contributed by atoms with Crippen molar-refractivity contribution in [2.45, 2.75) is 18.8 Å². The zero-order valence-electron chi connectivity index (χ0n) is 3.07. The van der Waals surface area contributed by atoms with Crippen molar-refractivity contribution >= 4 is 12.6 Å². The maximum atomic E-state index is 11.2. The van der Waals surface area contributed by atoms with Gasteiger partial charge in [0.25, 0.3) is 0 Å². The Morgan fingerprint density at radius 3 is 2.20 bits per heavy atom. The average Bonchev–Trinajstić information content (AvgIpc) is 1.38. The van der Waals surface area contributed by atoms with E-state index in [0.29, 0.717) is 6.42 Å². The third-order valence-electron chi connectivity index (χ3n) is 0.321. The Balaban J connectivity index is 2.54. The van der Waals surface area contributed by atoms with Crippen LogP contribution < -0.4 is 0 Å². The topological polar surface area (TPSA) is 0 Å².